The van der Waals surface area contributed by atoms with E-state index in [1.54, 1.807) is 0 Å². The van der Waals surface area contributed by atoms with Gasteiger partial charge in [0.2, 0.25) is 0 Å². The second-order valence-corrected chi connectivity index (χ2v) is 9.09. The van der Waals surface area contributed by atoms with Crippen molar-refractivity contribution in [3.8, 4) is 23.0 Å². The van der Waals surface area contributed by atoms with Gasteiger partial charge in [-0.15, -0.1) is 11.8 Å². The number of ether oxygens (including phenoxy) is 4. The molecule has 4 nitrogen and oxygen atoms in total. The molecule has 0 saturated heterocycles. The highest BCUT2D eigenvalue weighted by molar-refractivity contribution is 7.99. The van der Waals surface area contributed by atoms with Crippen LogP contribution in [0.5, 0.6) is 23.0 Å². The van der Waals surface area contributed by atoms with E-state index in [4.69, 9.17) is 18.9 Å². The minimum atomic E-state index is 0.240. The van der Waals surface area contributed by atoms with Crippen molar-refractivity contribution in [1.29, 1.82) is 0 Å². The van der Waals surface area contributed by atoms with Gasteiger partial charge in [-0.3, -0.25) is 0 Å². The van der Waals surface area contributed by atoms with Gasteiger partial charge in [0.05, 0.1) is 16.8 Å². The molecule has 0 spiro atoms. The number of thioether (sulfide) groups is 1. The van der Waals surface area contributed by atoms with Crippen molar-refractivity contribution in [1.82, 2.24) is 0 Å². The topological polar surface area (TPSA) is 36.9 Å². The average Bonchev–Trinajstić information content (AvgIpc) is 2.83. The zero-order valence-corrected chi connectivity index (χ0v) is 17.3. The Kier molecular flexibility index (Phi) is 4.49. The van der Waals surface area contributed by atoms with Crippen LogP contribution in [-0.2, 0) is 6.42 Å². The highest BCUT2D eigenvalue weighted by atomic mass is 32.2. The molecule has 3 aliphatic heterocycles. The van der Waals surface area contributed by atoms with E-state index in [1.165, 1.54) is 21.6 Å². The summed E-state index contributed by atoms with van der Waals surface area (Å²) in [5.41, 5.74) is 3.76. The van der Waals surface area contributed by atoms with Crippen LogP contribution in [0.1, 0.15) is 27.9 Å². The average molecular weight is 419 g/mol. The van der Waals surface area contributed by atoms with Crippen LogP contribution >= 0.6 is 11.8 Å². The quantitative estimate of drug-likeness (QED) is 0.557. The molecular formula is C25H22O4S. The first-order valence-corrected chi connectivity index (χ1v) is 11.2. The van der Waals surface area contributed by atoms with Gasteiger partial charge in [-0.25, -0.2) is 0 Å². The maximum Gasteiger partial charge on any atom is 0.161 e. The van der Waals surface area contributed by atoms with E-state index < -0.39 is 0 Å². The third kappa shape index (κ3) is 3.27. The molecule has 0 saturated carbocycles. The van der Waals surface area contributed by atoms with Crippen LogP contribution in [0.3, 0.4) is 0 Å². The molecule has 152 valence electrons. The lowest BCUT2D eigenvalue weighted by Gasteiger charge is -2.29. The zero-order chi connectivity index (χ0) is 19.9. The summed E-state index contributed by atoms with van der Waals surface area (Å²) in [5, 5.41) is 0.240. The number of hydrogen-bond donors (Lipinski definition) is 0. The Bertz CT molecular complexity index is 1100. The van der Waals surface area contributed by atoms with E-state index in [0.29, 0.717) is 32.3 Å². The Balaban J connectivity index is 1.21. The Morgan fingerprint density at radius 1 is 0.667 bits per heavy atom. The first kappa shape index (κ1) is 18.0. The van der Waals surface area contributed by atoms with Gasteiger partial charge in [0.25, 0.3) is 0 Å². The van der Waals surface area contributed by atoms with Gasteiger partial charge in [0.15, 0.2) is 11.5 Å². The van der Waals surface area contributed by atoms with Gasteiger partial charge in [-0.1, -0.05) is 30.3 Å². The molecule has 3 aromatic carbocycles. The van der Waals surface area contributed by atoms with Gasteiger partial charge >= 0.3 is 0 Å². The summed E-state index contributed by atoms with van der Waals surface area (Å²) in [4.78, 5) is 1.18. The standard InChI is InChI=1S/C25H22O4S/c1-2-4-20-17(3-1)11-19(14-28-20)16-6-8-24-23(12-16)29-15-25(30-24)18-5-7-21-22(13-18)27-10-9-26-21/h1-8,12-13,19,25H,9-11,14-15H2. The van der Waals surface area contributed by atoms with Crippen molar-refractivity contribution >= 4 is 11.8 Å². The fraction of sp³-hybridized carbons (Fsp3) is 0.280. The molecule has 2 atom stereocenters. The molecule has 0 bridgehead atoms. The molecule has 0 fully saturated rings. The largest absolute Gasteiger partial charge is 0.493 e. The van der Waals surface area contributed by atoms with Gasteiger partial charge in [0.1, 0.15) is 31.3 Å². The van der Waals surface area contributed by atoms with Gasteiger partial charge in [-0.05, 0) is 53.4 Å². The first-order chi connectivity index (χ1) is 14.8. The third-order valence-corrected chi connectivity index (χ3v) is 7.20. The lowest BCUT2D eigenvalue weighted by atomic mass is 9.90. The smallest absolute Gasteiger partial charge is 0.161 e. The molecule has 0 amide bonds. The second-order valence-electron chi connectivity index (χ2n) is 7.85. The van der Waals surface area contributed by atoms with Crippen molar-refractivity contribution in [3.63, 3.8) is 0 Å². The molecule has 5 heteroatoms. The summed E-state index contributed by atoms with van der Waals surface area (Å²) >= 11 is 1.85. The van der Waals surface area contributed by atoms with E-state index >= 15 is 0 Å². The summed E-state index contributed by atoms with van der Waals surface area (Å²) < 4.78 is 23.6. The monoisotopic (exact) mass is 418 g/mol. The Labute approximate surface area is 180 Å². The summed E-state index contributed by atoms with van der Waals surface area (Å²) in [7, 11) is 0. The molecular weight excluding hydrogens is 396 g/mol. The maximum atomic E-state index is 6.20. The van der Waals surface area contributed by atoms with Gasteiger partial charge < -0.3 is 18.9 Å². The normalized spacial score (nSPS) is 21.6. The van der Waals surface area contributed by atoms with Crippen LogP contribution in [0.25, 0.3) is 0 Å². The van der Waals surface area contributed by atoms with E-state index in [2.05, 4.69) is 48.5 Å². The Morgan fingerprint density at radius 3 is 2.43 bits per heavy atom. The predicted octanol–water partition coefficient (Wildman–Crippen LogP) is 5.40. The molecule has 3 aliphatic rings. The van der Waals surface area contributed by atoms with Crippen LogP contribution < -0.4 is 18.9 Å². The molecule has 3 heterocycles. The van der Waals surface area contributed by atoms with Crippen LogP contribution in [0, 0.1) is 0 Å². The second kappa shape index (κ2) is 7.47. The Morgan fingerprint density at radius 2 is 1.47 bits per heavy atom. The fourth-order valence-corrected chi connectivity index (χ4v) is 5.41. The summed E-state index contributed by atoms with van der Waals surface area (Å²) in [5.74, 6) is 4.01. The number of rotatable bonds is 2. The molecule has 0 N–H and O–H groups in total. The van der Waals surface area contributed by atoms with Gasteiger partial charge in [0, 0.05) is 5.92 Å². The molecule has 0 aromatic heterocycles. The minimum Gasteiger partial charge on any atom is -0.493 e. The van der Waals surface area contributed by atoms with E-state index in [-0.39, 0.29) is 5.25 Å². The highest BCUT2D eigenvalue weighted by Crippen LogP contribution is 2.47. The van der Waals surface area contributed by atoms with E-state index in [9.17, 15) is 0 Å². The molecule has 0 aliphatic carbocycles. The number of para-hydroxylation sites is 1. The zero-order valence-electron chi connectivity index (χ0n) is 16.5. The first-order valence-electron chi connectivity index (χ1n) is 10.4. The van der Waals surface area contributed by atoms with E-state index in [1.807, 2.05) is 23.9 Å². The lowest BCUT2D eigenvalue weighted by molar-refractivity contribution is 0.171. The lowest BCUT2D eigenvalue weighted by Crippen LogP contribution is -2.20. The molecule has 3 aromatic rings. The Hall–Kier alpha value is -2.79. The fourth-order valence-electron chi connectivity index (χ4n) is 4.31. The van der Waals surface area contributed by atoms with Crippen LogP contribution in [0.15, 0.2) is 65.6 Å². The summed E-state index contributed by atoms with van der Waals surface area (Å²) in [6.45, 7) is 2.57. The van der Waals surface area contributed by atoms with Crippen LogP contribution in [0.2, 0.25) is 0 Å². The van der Waals surface area contributed by atoms with Crippen molar-refractivity contribution in [2.75, 3.05) is 26.4 Å². The summed E-state index contributed by atoms with van der Waals surface area (Å²) in [6.07, 6.45) is 1.00. The van der Waals surface area contributed by atoms with Crippen LogP contribution in [0.4, 0.5) is 0 Å². The predicted molar refractivity (Wildman–Crippen MR) is 116 cm³/mol. The minimum absolute atomic E-state index is 0.240. The number of fused-ring (bicyclic) bond motifs is 3. The van der Waals surface area contributed by atoms with E-state index in [0.717, 1.165) is 29.4 Å². The number of hydrogen-bond acceptors (Lipinski definition) is 5. The number of benzene rings is 3. The van der Waals surface area contributed by atoms with Crippen LogP contribution in [-0.4, -0.2) is 26.4 Å². The van der Waals surface area contributed by atoms with Crippen molar-refractivity contribution in [3.05, 3.63) is 77.4 Å². The highest BCUT2D eigenvalue weighted by Gasteiger charge is 2.27. The SMILES string of the molecule is c1ccc2c(c1)CC(c1ccc3c(c1)OCC(c1ccc4c(c1)OCCO4)S3)CO2. The van der Waals surface area contributed by atoms with Crippen molar-refractivity contribution < 1.29 is 18.9 Å². The molecule has 0 radical (unpaired) electrons. The molecule has 30 heavy (non-hydrogen) atoms. The van der Waals surface area contributed by atoms with Crippen molar-refractivity contribution in [2.45, 2.75) is 22.5 Å². The molecule has 6 rings (SSSR count). The van der Waals surface area contributed by atoms with Gasteiger partial charge in [-0.2, -0.15) is 0 Å². The summed E-state index contributed by atoms with van der Waals surface area (Å²) in [6, 6.07) is 21.1. The molecule has 2 unspecified atom stereocenters. The van der Waals surface area contributed by atoms with Crippen molar-refractivity contribution in [2.24, 2.45) is 0 Å². The maximum absolute atomic E-state index is 6.20. The third-order valence-electron chi connectivity index (χ3n) is 5.92.